The van der Waals surface area contributed by atoms with Crippen LogP contribution in [0.4, 0.5) is 4.39 Å². The lowest BCUT2D eigenvalue weighted by molar-refractivity contribution is 0.627. The highest BCUT2D eigenvalue weighted by atomic mass is 79.9. The number of allylic oxidation sites excluding steroid dienone is 2. The van der Waals surface area contributed by atoms with E-state index in [1.165, 1.54) is 23.3 Å². The van der Waals surface area contributed by atoms with Gasteiger partial charge in [0.25, 0.3) is 0 Å². The molecule has 142 valence electrons. The molecule has 0 fully saturated rings. The fraction of sp³-hybridized carbons (Fsp3) is 0.120. The highest BCUT2D eigenvalue weighted by Crippen LogP contribution is 2.33. The van der Waals surface area contributed by atoms with Gasteiger partial charge < -0.3 is 0 Å². The first-order valence-electron chi connectivity index (χ1n) is 9.06. The summed E-state index contributed by atoms with van der Waals surface area (Å²) in [6, 6.07) is 23.4. The average Bonchev–Trinajstić information content (AvgIpc) is 2.69. The summed E-state index contributed by atoms with van der Waals surface area (Å²) in [5, 5.41) is 0. The zero-order chi connectivity index (χ0) is 20.1. The minimum Gasteiger partial charge on any atom is -0.207 e. The fourth-order valence-electron chi connectivity index (χ4n) is 2.86. The van der Waals surface area contributed by atoms with Crippen molar-refractivity contribution < 1.29 is 4.39 Å². The average molecular weight is 500 g/mol. The Morgan fingerprint density at radius 3 is 1.46 bits per heavy atom. The molecule has 0 heterocycles. The van der Waals surface area contributed by atoms with Crippen LogP contribution < -0.4 is 0 Å². The van der Waals surface area contributed by atoms with Gasteiger partial charge in [-0.15, -0.1) is 0 Å². The van der Waals surface area contributed by atoms with Crippen molar-refractivity contribution in [2.75, 3.05) is 0 Å². The molecule has 0 radical (unpaired) electrons. The molecule has 0 aliphatic carbocycles. The largest absolute Gasteiger partial charge is 0.207 e. The smallest absolute Gasteiger partial charge is 0.123 e. The second-order valence-corrected chi connectivity index (χ2v) is 8.55. The van der Waals surface area contributed by atoms with Crippen LogP contribution in [0.5, 0.6) is 0 Å². The molecular weight excluding hydrogens is 479 g/mol. The molecule has 3 aromatic carbocycles. The normalized spacial score (nSPS) is 13.5. The van der Waals surface area contributed by atoms with Gasteiger partial charge in [-0.3, -0.25) is 0 Å². The summed E-state index contributed by atoms with van der Waals surface area (Å²) in [5.41, 5.74) is 5.69. The molecule has 0 aliphatic rings. The molecule has 0 unspecified atom stereocenters. The molecule has 0 nitrogen and oxygen atoms in total. The molecular formula is C25H21Br2F. The van der Waals surface area contributed by atoms with Crippen molar-refractivity contribution in [1.82, 2.24) is 0 Å². The third-order valence-corrected chi connectivity index (χ3v) is 6.01. The number of rotatable bonds is 5. The Kier molecular flexibility index (Phi) is 7.03. The Morgan fingerprint density at radius 1 is 0.679 bits per heavy atom. The molecule has 3 heteroatoms. The minimum absolute atomic E-state index is 0.0213. The Balaban J connectivity index is 2.00. The van der Waals surface area contributed by atoms with E-state index < -0.39 is 0 Å². The quantitative estimate of drug-likeness (QED) is 0.330. The molecule has 0 spiro atoms. The van der Waals surface area contributed by atoms with E-state index >= 15 is 0 Å². The molecule has 0 saturated carbocycles. The Hall–Kier alpha value is -1.97. The number of aryl methyl sites for hydroxylation is 2. The summed E-state index contributed by atoms with van der Waals surface area (Å²) in [7, 11) is 0. The summed E-state index contributed by atoms with van der Waals surface area (Å²) in [4.78, 5) is 0. The molecule has 0 amide bonds. The van der Waals surface area contributed by atoms with Crippen LogP contribution in [0.25, 0.3) is 8.96 Å². The summed E-state index contributed by atoms with van der Waals surface area (Å²) in [5.74, 6) is -0.252. The number of halogens is 3. The van der Waals surface area contributed by atoms with Gasteiger partial charge in [-0.2, -0.15) is 0 Å². The molecule has 0 atom stereocenters. The van der Waals surface area contributed by atoms with E-state index in [0.717, 1.165) is 25.7 Å². The van der Waals surface area contributed by atoms with Crippen molar-refractivity contribution in [3.05, 3.63) is 119 Å². The van der Waals surface area contributed by atoms with E-state index in [-0.39, 0.29) is 11.7 Å². The van der Waals surface area contributed by atoms with Crippen LogP contribution in [0, 0.1) is 19.7 Å². The first-order chi connectivity index (χ1) is 13.4. The SMILES string of the molecule is Cc1ccc(/C(Br)=C/C(/C=C(\Br)c2ccc(C)cc2)c2ccc(F)cc2)cc1. The van der Waals surface area contributed by atoms with Gasteiger partial charge in [0.15, 0.2) is 0 Å². The van der Waals surface area contributed by atoms with Crippen molar-refractivity contribution in [2.24, 2.45) is 0 Å². The van der Waals surface area contributed by atoms with Crippen LogP contribution in [0.2, 0.25) is 0 Å². The summed E-state index contributed by atoms with van der Waals surface area (Å²) in [6.07, 6.45) is 4.29. The first kappa shape index (κ1) is 20.8. The van der Waals surface area contributed by atoms with Crippen molar-refractivity contribution in [3.8, 4) is 0 Å². The van der Waals surface area contributed by atoms with E-state index in [0.29, 0.717) is 0 Å². The third-order valence-electron chi connectivity index (χ3n) is 4.56. The van der Waals surface area contributed by atoms with Crippen molar-refractivity contribution in [2.45, 2.75) is 19.8 Å². The van der Waals surface area contributed by atoms with Crippen LogP contribution in [-0.4, -0.2) is 0 Å². The minimum atomic E-state index is -0.231. The molecule has 0 saturated heterocycles. The summed E-state index contributed by atoms with van der Waals surface area (Å²) < 4.78 is 15.4. The van der Waals surface area contributed by atoms with Crippen LogP contribution in [0.15, 0.2) is 84.9 Å². The lowest BCUT2D eigenvalue weighted by Crippen LogP contribution is -1.94. The van der Waals surface area contributed by atoms with Gasteiger partial charge in [-0.1, -0.05) is 116 Å². The van der Waals surface area contributed by atoms with Gasteiger partial charge in [0.2, 0.25) is 0 Å². The Bertz CT molecular complexity index is 921. The van der Waals surface area contributed by atoms with Gasteiger partial charge in [0, 0.05) is 14.9 Å². The van der Waals surface area contributed by atoms with Crippen LogP contribution in [0.3, 0.4) is 0 Å². The van der Waals surface area contributed by atoms with E-state index in [2.05, 4.69) is 106 Å². The predicted octanol–water partition coefficient (Wildman–Crippen LogP) is 8.40. The maximum atomic E-state index is 13.4. The van der Waals surface area contributed by atoms with E-state index in [9.17, 15) is 4.39 Å². The van der Waals surface area contributed by atoms with E-state index in [4.69, 9.17) is 0 Å². The Morgan fingerprint density at radius 2 is 1.07 bits per heavy atom. The maximum absolute atomic E-state index is 13.4. The highest BCUT2D eigenvalue weighted by Gasteiger charge is 2.10. The van der Waals surface area contributed by atoms with Gasteiger partial charge >= 0.3 is 0 Å². The number of hydrogen-bond donors (Lipinski definition) is 0. The molecule has 28 heavy (non-hydrogen) atoms. The van der Waals surface area contributed by atoms with E-state index in [1.807, 2.05) is 12.1 Å². The molecule has 0 N–H and O–H groups in total. The number of hydrogen-bond acceptors (Lipinski definition) is 0. The van der Waals surface area contributed by atoms with Gasteiger partial charge in [0.1, 0.15) is 5.82 Å². The molecule has 3 rings (SSSR count). The molecule has 3 aromatic rings. The monoisotopic (exact) mass is 498 g/mol. The second-order valence-electron chi connectivity index (χ2n) is 6.84. The van der Waals surface area contributed by atoms with Crippen LogP contribution >= 0.6 is 31.9 Å². The zero-order valence-corrected chi connectivity index (χ0v) is 19.0. The predicted molar refractivity (Wildman–Crippen MR) is 125 cm³/mol. The topological polar surface area (TPSA) is 0 Å². The van der Waals surface area contributed by atoms with Crippen LogP contribution in [0.1, 0.15) is 33.7 Å². The number of benzene rings is 3. The Labute approximate surface area is 183 Å². The standard InChI is InChI=1S/C25H21Br2F/c1-17-3-7-20(8-4-17)24(26)15-22(19-11-13-23(28)14-12-19)16-25(27)21-9-5-18(2)6-10-21/h3-16,22H,1-2H3/b24-15-,25-16-. The molecule has 0 bridgehead atoms. The third kappa shape index (κ3) is 5.52. The van der Waals surface area contributed by atoms with E-state index in [1.54, 1.807) is 0 Å². The lowest BCUT2D eigenvalue weighted by atomic mass is 9.96. The van der Waals surface area contributed by atoms with Gasteiger partial charge in [-0.25, -0.2) is 4.39 Å². The van der Waals surface area contributed by atoms with Crippen molar-refractivity contribution in [3.63, 3.8) is 0 Å². The molecule has 0 aliphatic heterocycles. The first-order valence-corrected chi connectivity index (χ1v) is 10.6. The van der Waals surface area contributed by atoms with Crippen LogP contribution in [-0.2, 0) is 0 Å². The highest BCUT2D eigenvalue weighted by molar-refractivity contribution is 9.15. The zero-order valence-electron chi connectivity index (χ0n) is 15.8. The summed E-state index contributed by atoms with van der Waals surface area (Å²) in [6.45, 7) is 4.15. The second kappa shape index (κ2) is 9.49. The fourth-order valence-corrected chi connectivity index (χ4v) is 3.96. The van der Waals surface area contributed by atoms with Gasteiger partial charge in [0.05, 0.1) is 0 Å². The van der Waals surface area contributed by atoms with Crippen molar-refractivity contribution in [1.29, 1.82) is 0 Å². The molecule has 0 aromatic heterocycles. The lowest BCUT2D eigenvalue weighted by Gasteiger charge is -2.13. The maximum Gasteiger partial charge on any atom is 0.123 e. The van der Waals surface area contributed by atoms with Gasteiger partial charge in [-0.05, 0) is 42.7 Å². The summed E-state index contributed by atoms with van der Waals surface area (Å²) >= 11 is 7.44. The van der Waals surface area contributed by atoms with Crippen molar-refractivity contribution >= 4 is 40.8 Å².